The highest BCUT2D eigenvalue weighted by Crippen LogP contribution is 2.44. The number of ether oxygens (including phenoxy) is 1. The van der Waals surface area contributed by atoms with Gasteiger partial charge in [-0.3, -0.25) is 4.79 Å². The molecule has 0 saturated carbocycles. The number of fused-ring (bicyclic) bond motifs is 3. The molecule has 176 valence electrons. The average Bonchev–Trinajstić information content (AvgIpc) is 3.10. The number of rotatable bonds is 11. The number of nitrogens with one attached hydrogen (secondary N) is 2. The monoisotopic (exact) mass is 452 g/mol. The standard InChI is InChI=1S/C26H32N2O5/c1-26(2,24(30)31)28-23(29)15-5-3-4-10-16-27-25(32)33-17-22-20-13-8-6-11-18(20)19-12-7-9-14-21(19)22/h6-9,11-14,22H,3-5,10,15-17H2,1-2H3,(H,27,32)(H,28,29)(H,30,31). The van der Waals surface area contributed by atoms with Crippen molar-refractivity contribution < 1.29 is 24.2 Å². The highest BCUT2D eigenvalue weighted by molar-refractivity contribution is 5.86. The van der Waals surface area contributed by atoms with Crippen molar-refractivity contribution in [1.29, 1.82) is 0 Å². The first-order valence-electron chi connectivity index (χ1n) is 11.4. The first kappa shape index (κ1) is 24.3. The second-order valence-electron chi connectivity index (χ2n) is 8.89. The third-order valence-corrected chi connectivity index (χ3v) is 5.93. The fraction of sp³-hybridized carbons (Fsp3) is 0.423. The predicted molar refractivity (Wildman–Crippen MR) is 126 cm³/mol. The van der Waals surface area contributed by atoms with E-state index in [1.807, 2.05) is 24.3 Å². The van der Waals surface area contributed by atoms with Crippen molar-refractivity contribution >= 4 is 18.0 Å². The molecular weight excluding hydrogens is 420 g/mol. The number of carboxylic acid groups (broad SMARTS) is 1. The Hall–Kier alpha value is -3.35. The lowest BCUT2D eigenvalue weighted by molar-refractivity contribution is -0.146. The molecule has 3 rings (SSSR count). The molecule has 0 unspecified atom stereocenters. The summed E-state index contributed by atoms with van der Waals surface area (Å²) in [4.78, 5) is 35.0. The van der Waals surface area contributed by atoms with Crippen LogP contribution in [0.1, 0.15) is 63.0 Å². The molecule has 2 amide bonds. The van der Waals surface area contributed by atoms with Gasteiger partial charge in [0.2, 0.25) is 5.91 Å². The topological polar surface area (TPSA) is 105 Å². The van der Waals surface area contributed by atoms with E-state index in [2.05, 4.69) is 34.9 Å². The summed E-state index contributed by atoms with van der Waals surface area (Å²) >= 11 is 0. The number of amides is 2. The van der Waals surface area contributed by atoms with Crippen LogP contribution in [0.5, 0.6) is 0 Å². The molecule has 1 aliphatic rings. The van der Waals surface area contributed by atoms with Gasteiger partial charge in [-0.25, -0.2) is 9.59 Å². The van der Waals surface area contributed by atoms with E-state index in [1.54, 1.807) is 0 Å². The molecule has 1 aliphatic carbocycles. The van der Waals surface area contributed by atoms with Crippen LogP contribution in [-0.4, -0.2) is 41.8 Å². The maximum atomic E-state index is 12.2. The number of benzene rings is 2. The fourth-order valence-corrected chi connectivity index (χ4v) is 4.07. The van der Waals surface area contributed by atoms with Crippen LogP contribution in [0.3, 0.4) is 0 Å². The molecule has 2 aromatic carbocycles. The zero-order valence-corrected chi connectivity index (χ0v) is 19.2. The number of carboxylic acids is 1. The summed E-state index contributed by atoms with van der Waals surface area (Å²) in [5, 5.41) is 14.3. The summed E-state index contributed by atoms with van der Waals surface area (Å²) < 4.78 is 5.51. The van der Waals surface area contributed by atoms with Crippen molar-refractivity contribution in [2.24, 2.45) is 0 Å². The van der Waals surface area contributed by atoms with Crippen molar-refractivity contribution in [1.82, 2.24) is 10.6 Å². The lowest BCUT2D eigenvalue weighted by Crippen LogP contribution is -2.49. The molecule has 0 spiro atoms. The predicted octanol–water partition coefficient (Wildman–Crippen LogP) is 4.46. The van der Waals surface area contributed by atoms with E-state index in [1.165, 1.54) is 36.1 Å². The van der Waals surface area contributed by atoms with Crippen molar-refractivity contribution in [3.05, 3.63) is 59.7 Å². The van der Waals surface area contributed by atoms with Gasteiger partial charge in [0.25, 0.3) is 0 Å². The second-order valence-corrected chi connectivity index (χ2v) is 8.89. The number of carbonyl (C=O) groups excluding carboxylic acids is 2. The Balaban J connectivity index is 1.31. The van der Waals surface area contributed by atoms with Gasteiger partial charge in [-0.1, -0.05) is 61.4 Å². The molecular formula is C26H32N2O5. The molecule has 0 bridgehead atoms. The second kappa shape index (κ2) is 11.0. The summed E-state index contributed by atoms with van der Waals surface area (Å²) in [6, 6.07) is 16.4. The van der Waals surface area contributed by atoms with Crippen molar-refractivity contribution in [2.45, 2.75) is 57.4 Å². The van der Waals surface area contributed by atoms with Gasteiger partial charge < -0.3 is 20.5 Å². The van der Waals surface area contributed by atoms with Crippen molar-refractivity contribution in [3.63, 3.8) is 0 Å². The summed E-state index contributed by atoms with van der Waals surface area (Å²) in [5.41, 5.74) is 3.50. The van der Waals surface area contributed by atoms with E-state index in [4.69, 9.17) is 9.84 Å². The largest absolute Gasteiger partial charge is 0.480 e. The molecule has 7 nitrogen and oxygen atoms in total. The maximum Gasteiger partial charge on any atom is 0.407 e. The lowest BCUT2D eigenvalue weighted by atomic mass is 9.98. The third-order valence-electron chi connectivity index (χ3n) is 5.93. The first-order chi connectivity index (χ1) is 15.8. The highest BCUT2D eigenvalue weighted by atomic mass is 16.5. The van der Waals surface area contributed by atoms with Crippen LogP contribution in [0.25, 0.3) is 11.1 Å². The Morgan fingerprint density at radius 1 is 0.909 bits per heavy atom. The number of unbranched alkanes of at least 4 members (excludes halogenated alkanes) is 3. The van der Waals surface area contributed by atoms with E-state index < -0.39 is 17.6 Å². The van der Waals surface area contributed by atoms with Crippen LogP contribution in [0.4, 0.5) is 4.79 Å². The van der Waals surface area contributed by atoms with E-state index in [-0.39, 0.29) is 18.2 Å². The molecule has 7 heteroatoms. The Labute approximate surface area is 194 Å². The van der Waals surface area contributed by atoms with Gasteiger partial charge in [-0.05, 0) is 48.9 Å². The maximum absolute atomic E-state index is 12.2. The normalized spacial score (nSPS) is 12.5. The van der Waals surface area contributed by atoms with E-state index >= 15 is 0 Å². The van der Waals surface area contributed by atoms with Gasteiger partial charge >= 0.3 is 12.1 Å². The minimum absolute atomic E-state index is 0.0420. The zero-order chi connectivity index (χ0) is 23.8. The van der Waals surface area contributed by atoms with Gasteiger partial charge in [0.1, 0.15) is 12.1 Å². The molecule has 2 aromatic rings. The zero-order valence-electron chi connectivity index (χ0n) is 19.2. The quantitative estimate of drug-likeness (QED) is 0.437. The molecule has 0 saturated heterocycles. The Bertz CT molecular complexity index is 956. The number of aliphatic carboxylic acids is 1. The molecule has 33 heavy (non-hydrogen) atoms. The molecule has 0 atom stereocenters. The molecule has 3 N–H and O–H groups in total. The summed E-state index contributed by atoms with van der Waals surface area (Å²) in [6.07, 6.45) is 3.01. The van der Waals surface area contributed by atoms with Crippen LogP contribution >= 0.6 is 0 Å². The van der Waals surface area contributed by atoms with Crippen molar-refractivity contribution in [3.8, 4) is 11.1 Å². The molecule has 0 aliphatic heterocycles. The van der Waals surface area contributed by atoms with Crippen LogP contribution < -0.4 is 10.6 Å². The number of alkyl carbamates (subject to hydrolysis) is 1. The van der Waals surface area contributed by atoms with Gasteiger partial charge in [-0.2, -0.15) is 0 Å². The molecule has 0 aromatic heterocycles. The van der Waals surface area contributed by atoms with Crippen LogP contribution in [-0.2, 0) is 14.3 Å². The number of hydrogen-bond acceptors (Lipinski definition) is 4. The highest BCUT2D eigenvalue weighted by Gasteiger charge is 2.29. The summed E-state index contributed by atoms with van der Waals surface area (Å²) in [5.74, 6) is -1.28. The SMILES string of the molecule is CC(C)(NC(=O)CCCCCCNC(=O)OCC1c2ccccc2-c2ccccc21)C(=O)O. The van der Waals surface area contributed by atoms with E-state index in [9.17, 15) is 14.4 Å². The van der Waals surface area contributed by atoms with Crippen LogP contribution in [0.2, 0.25) is 0 Å². The number of carbonyl (C=O) groups is 3. The number of hydrogen-bond donors (Lipinski definition) is 3. The van der Waals surface area contributed by atoms with Gasteiger partial charge in [0.05, 0.1) is 0 Å². The Morgan fingerprint density at radius 2 is 1.48 bits per heavy atom. The minimum Gasteiger partial charge on any atom is -0.480 e. The molecule has 0 radical (unpaired) electrons. The Kier molecular flexibility index (Phi) is 8.09. The first-order valence-corrected chi connectivity index (χ1v) is 11.4. The summed E-state index contributed by atoms with van der Waals surface area (Å²) in [6.45, 7) is 3.72. The van der Waals surface area contributed by atoms with Gasteiger partial charge in [0.15, 0.2) is 0 Å². The van der Waals surface area contributed by atoms with E-state index in [0.717, 1.165) is 19.3 Å². The van der Waals surface area contributed by atoms with Crippen LogP contribution in [0, 0.1) is 0 Å². The molecule has 0 heterocycles. The van der Waals surface area contributed by atoms with Crippen LogP contribution in [0.15, 0.2) is 48.5 Å². The minimum atomic E-state index is -1.26. The fourth-order valence-electron chi connectivity index (χ4n) is 4.07. The lowest BCUT2D eigenvalue weighted by Gasteiger charge is -2.20. The third kappa shape index (κ3) is 6.34. The van der Waals surface area contributed by atoms with Gasteiger partial charge in [-0.15, -0.1) is 0 Å². The average molecular weight is 453 g/mol. The van der Waals surface area contributed by atoms with E-state index in [0.29, 0.717) is 19.6 Å². The van der Waals surface area contributed by atoms with Gasteiger partial charge in [0, 0.05) is 18.9 Å². The van der Waals surface area contributed by atoms with Crippen molar-refractivity contribution in [2.75, 3.05) is 13.2 Å². The molecule has 0 fully saturated rings. The smallest absolute Gasteiger partial charge is 0.407 e. The Morgan fingerprint density at radius 3 is 2.09 bits per heavy atom. The summed E-state index contributed by atoms with van der Waals surface area (Å²) in [7, 11) is 0.